The Kier molecular flexibility index (Phi) is 5.97. The number of halogens is 4. The Hall–Kier alpha value is -4.56. The highest BCUT2D eigenvalue weighted by Crippen LogP contribution is 2.35. The van der Waals surface area contributed by atoms with Crippen LogP contribution in [0.25, 0.3) is 22.3 Å². The van der Waals surface area contributed by atoms with Crippen molar-refractivity contribution in [2.75, 3.05) is 5.32 Å². The lowest BCUT2D eigenvalue weighted by Crippen LogP contribution is -2.21. The Balaban J connectivity index is 1.51. The molecule has 5 rings (SSSR count). The lowest BCUT2D eigenvalue weighted by Gasteiger charge is -2.14. The first-order valence-electron chi connectivity index (χ1n) is 10.4. The minimum atomic E-state index is -4.97. The van der Waals surface area contributed by atoms with Gasteiger partial charge in [-0.15, -0.1) is 9.90 Å². The molecule has 188 valence electrons. The first-order valence-corrected chi connectivity index (χ1v) is 10.8. The number of aliphatic hydroxyl groups is 1. The third kappa shape index (κ3) is 4.43. The number of anilines is 1. The van der Waals surface area contributed by atoms with Crippen molar-refractivity contribution in [3.05, 3.63) is 87.4 Å². The summed E-state index contributed by atoms with van der Waals surface area (Å²) in [5.41, 5.74) is -2.32. The van der Waals surface area contributed by atoms with E-state index in [-0.39, 0.29) is 45.3 Å². The maximum absolute atomic E-state index is 14.2. The second kappa shape index (κ2) is 9.15. The van der Waals surface area contributed by atoms with Crippen molar-refractivity contribution in [3.8, 4) is 11.5 Å². The van der Waals surface area contributed by atoms with Crippen molar-refractivity contribution in [1.29, 1.82) is 0 Å². The number of hydrogen-bond acceptors (Lipinski definition) is 7. The van der Waals surface area contributed by atoms with Gasteiger partial charge in [0.1, 0.15) is 5.69 Å². The normalized spacial score (nSPS) is 11.7. The van der Waals surface area contributed by atoms with Gasteiger partial charge in [-0.2, -0.15) is 23.4 Å². The summed E-state index contributed by atoms with van der Waals surface area (Å²) in [6, 6.07) is 6.95. The van der Waals surface area contributed by atoms with Crippen LogP contribution < -0.4 is 10.9 Å². The molecule has 37 heavy (non-hydrogen) atoms. The molecule has 0 atom stereocenters. The predicted molar refractivity (Wildman–Crippen MR) is 125 cm³/mol. The number of H-pyrrole nitrogens is 1. The van der Waals surface area contributed by atoms with Gasteiger partial charge in [0.05, 0.1) is 47.2 Å². The minimum Gasteiger partial charge on any atom is -0.390 e. The van der Waals surface area contributed by atoms with Gasteiger partial charge in [-0.25, -0.2) is 9.67 Å². The lowest BCUT2D eigenvalue weighted by molar-refractivity contribution is -0.143. The van der Waals surface area contributed by atoms with Gasteiger partial charge in [0.25, 0.3) is 11.5 Å². The molecule has 1 aromatic carbocycles. The average molecular weight is 531 g/mol. The first-order chi connectivity index (χ1) is 17.7. The van der Waals surface area contributed by atoms with Gasteiger partial charge in [-0.3, -0.25) is 9.59 Å². The Bertz CT molecular complexity index is 1710. The molecule has 15 heteroatoms. The number of fused-ring (bicyclic) bond motifs is 1. The molecule has 0 unspecified atom stereocenters. The van der Waals surface area contributed by atoms with Crippen LogP contribution in [0.15, 0.2) is 59.9 Å². The van der Waals surface area contributed by atoms with Gasteiger partial charge in [0.2, 0.25) is 0 Å². The number of aromatic nitrogens is 7. The number of benzene rings is 1. The van der Waals surface area contributed by atoms with E-state index in [0.717, 1.165) is 17.2 Å². The number of rotatable bonds is 5. The van der Waals surface area contributed by atoms with Crippen molar-refractivity contribution in [2.24, 2.45) is 0 Å². The Morgan fingerprint density at radius 2 is 1.95 bits per heavy atom. The maximum atomic E-state index is 14.2. The third-order valence-corrected chi connectivity index (χ3v) is 5.55. The smallest absolute Gasteiger partial charge is 0.390 e. The van der Waals surface area contributed by atoms with Crippen LogP contribution in [-0.4, -0.2) is 45.8 Å². The zero-order valence-corrected chi connectivity index (χ0v) is 19.1. The molecular formula is C22H14ClF3N8O3. The number of pyridine rings is 2. The van der Waals surface area contributed by atoms with Crippen LogP contribution in [0.4, 0.5) is 18.9 Å². The highest BCUT2D eigenvalue weighted by atomic mass is 35.5. The molecule has 1 amide bonds. The first kappa shape index (κ1) is 24.1. The van der Waals surface area contributed by atoms with E-state index >= 15 is 0 Å². The zero-order valence-electron chi connectivity index (χ0n) is 18.4. The second-order valence-electron chi connectivity index (χ2n) is 7.63. The average Bonchev–Trinajstić information content (AvgIpc) is 3.52. The van der Waals surface area contributed by atoms with E-state index in [2.05, 4.69) is 30.6 Å². The lowest BCUT2D eigenvalue weighted by atomic mass is 10.1. The number of nitrogens with one attached hydrogen (secondary N) is 2. The maximum Gasteiger partial charge on any atom is 0.434 e. The van der Waals surface area contributed by atoms with Crippen molar-refractivity contribution in [2.45, 2.75) is 12.8 Å². The molecule has 4 aromatic heterocycles. The Morgan fingerprint density at radius 3 is 2.65 bits per heavy atom. The van der Waals surface area contributed by atoms with Crippen LogP contribution >= 0.6 is 11.6 Å². The quantitative estimate of drug-likeness (QED) is 0.317. The summed E-state index contributed by atoms with van der Waals surface area (Å²) in [7, 11) is 0. The van der Waals surface area contributed by atoms with Crippen molar-refractivity contribution >= 4 is 34.0 Å². The molecular weight excluding hydrogens is 517 g/mol. The molecule has 0 radical (unpaired) electrons. The molecule has 0 aliphatic heterocycles. The largest absolute Gasteiger partial charge is 0.434 e. The van der Waals surface area contributed by atoms with Crippen LogP contribution in [0.5, 0.6) is 0 Å². The monoisotopic (exact) mass is 530 g/mol. The van der Waals surface area contributed by atoms with Crippen LogP contribution in [0.2, 0.25) is 5.02 Å². The fourth-order valence-electron chi connectivity index (χ4n) is 3.67. The summed E-state index contributed by atoms with van der Waals surface area (Å²) in [5, 5.41) is 23.5. The van der Waals surface area contributed by atoms with Gasteiger partial charge in [0, 0.05) is 17.0 Å². The molecule has 4 heterocycles. The molecule has 3 N–H and O–H groups in total. The van der Waals surface area contributed by atoms with Crippen LogP contribution in [0.3, 0.4) is 0 Å². The summed E-state index contributed by atoms with van der Waals surface area (Å²) in [6.07, 6.45) is -0.408. The molecule has 0 aliphatic rings. The van der Waals surface area contributed by atoms with Gasteiger partial charge in [-0.1, -0.05) is 17.7 Å². The number of carbonyl (C=O) groups is 1. The van der Waals surface area contributed by atoms with E-state index in [4.69, 9.17) is 16.7 Å². The standard InChI is InChI=1S/C22H14ClF3N8O3/c23-16-6-11(7-28-19(16)34-30-8-12(10-35)32-34)31-21(37)15-9-29-33(18(15)22(24,25)26)17-3-1-2-14-13(17)4-5-27-20(14)36/h1-9,35H,10H2,(H,27,36)(H,31,37). The van der Waals surface area contributed by atoms with E-state index in [1.165, 1.54) is 42.7 Å². The molecule has 0 bridgehead atoms. The molecule has 0 fully saturated rings. The second-order valence-corrected chi connectivity index (χ2v) is 8.04. The predicted octanol–water partition coefficient (Wildman–Crippen LogP) is 3.11. The van der Waals surface area contributed by atoms with Crippen LogP contribution in [-0.2, 0) is 12.8 Å². The highest BCUT2D eigenvalue weighted by Gasteiger charge is 2.41. The summed E-state index contributed by atoms with van der Waals surface area (Å²) in [6.45, 7) is -0.351. The minimum absolute atomic E-state index is 0.00542. The fraction of sp³-hybridized carbons (Fsp3) is 0.0909. The molecule has 5 aromatic rings. The molecule has 11 nitrogen and oxygen atoms in total. The topological polar surface area (TPSA) is 144 Å². The van der Waals surface area contributed by atoms with Gasteiger partial charge >= 0.3 is 6.18 Å². The van der Waals surface area contributed by atoms with Crippen molar-refractivity contribution < 1.29 is 23.1 Å². The Labute approximate surface area is 209 Å². The summed E-state index contributed by atoms with van der Waals surface area (Å²) < 4.78 is 43.1. The highest BCUT2D eigenvalue weighted by molar-refractivity contribution is 6.32. The number of aliphatic hydroxyl groups excluding tert-OH is 1. The van der Waals surface area contributed by atoms with E-state index in [1.807, 2.05) is 0 Å². The summed E-state index contributed by atoms with van der Waals surface area (Å²) in [4.78, 5) is 32.6. The van der Waals surface area contributed by atoms with Crippen LogP contribution in [0, 0.1) is 0 Å². The van der Waals surface area contributed by atoms with E-state index in [9.17, 15) is 22.8 Å². The summed E-state index contributed by atoms with van der Waals surface area (Å²) in [5.74, 6) is -1.03. The van der Waals surface area contributed by atoms with Crippen LogP contribution in [0.1, 0.15) is 21.7 Å². The third-order valence-electron chi connectivity index (χ3n) is 5.27. The zero-order chi connectivity index (χ0) is 26.3. The van der Waals surface area contributed by atoms with E-state index < -0.39 is 28.9 Å². The summed E-state index contributed by atoms with van der Waals surface area (Å²) >= 11 is 6.20. The number of alkyl halides is 3. The molecule has 0 spiro atoms. The van der Waals surface area contributed by atoms with E-state index in [0.29, 0.717) is 4.68 Å². The van der Waals surface area contributed by atoms with Gasteiger partial charge in [0.15, 0.2) is 11.5 Å². The van der Waals surface area contributed by atoms with Gasteiger partial charge in [-0.05, 0) is 24.3 Å². The fourth-order valence-corrected chi connectivity index (χ4v) is 3.92. The van der Waals surface area contributed by atoms with Crippen molar-refractivity contribution in [3.63, 3.8) is 0 Å². The van der Waals surface area contributed by atoms with Crippen molar-refractivity contribution in [1.82, 2.24) is 34.7 Å². The molecule has 0 saturated carbocycles. The van der Waals surface area contributed by atoms with Gasteiger partial charge < -0.3 is 15.4 Å². The number of carbonyl (C=O) groups excluding carboxylic acids is 1. The number of nitrogens with zero attached hydrogens (tertiary/aromatic N) is 6. The molecule has 0 aliphatic carbocycles. The molecule has 0 saturated heterocycles. The number of hydrogen-bond donors (Lipinski definition) is 3. The Morgan fingerprint density at radius 1 is 1.14 bits per heavy atom. The van der Waals surface area contributed by atoms with E-state index in [1.54, 1.807) is 0 Å². The SMILES string of the molecule is O=C(Nc1cnc(-n2ncc(CO)n2)c(Cl)c1)c1cnn(-c2cccc3c(=O)[nH]ccc23)c1C(F)(F)F. The number of aromatic amines is 1. The number of amides is 1.